The van der Waals surface area contributed by atoms with Crippen molar-refractivity contribution in [3.8, 4) is 0 Å². The maximum absolute atomic E-state index is 12.5. The van der Waals surface area contributed by atoms with Gasteiger partial charge >= 0.3 is 12.1 Å². The van der Waals surface area contributed by atoms with E-state index < -0.39 is 11.7 Å². The lowest BCUT2D eigenvalue weighted by Crippen LogP contribution is -2.42. The van der Waals surface area contributed by atoms with Gasteiger partial charge in [0, 0.05) is 12.6 Å². The summed E-state index contributed by atoms with van der Waals surface area (Å²) >= 11 is 0. The van der Waals surface area contributed by atoms with Gasteiger partial charge in [-0.15, -0.1) is 0 Å². The molecule has 3 nitrogen and oxygen atoms in total. The Hall–Kier alpha value is -1.56. The fourth-order valence-corrected chi connectivity index (χ4v) is 2.97. The first-order chi connectivity index (χ1) is 10.9. The lowest BCUT2D eigenvalue weighted by Gasteiger charge is -2.30. The minimum atomic E-state index is -4.32. The topological polar surface area (TPSA) is 38.3 Å². The Bertz CT molecular complexity index is 514. The summed E-state index contributed by atoms with van der Waals surface area (Å²) in [5, 5.41) is 3.30. The molecule has 0 aromatic heterocycles. The van der Waals surface area contributed by atoms with Crippen LogP contribution in [0.1, 0.15) is 43.7 Å². The minimum absolute atomic E-state index is 0.0186. The standard InChI is InChI=1S/C17H22F3NO2/c1-2-23-16(22)14-5-3-4-6-15(14)21-11-12-7-9-13(10-8-12)17(18,19)20/h7-10,14-15,21H,2-6,11H2,1H3/t14-,15-/m1/s1. The van der Waals surface area contributed by atoms with Crippen molar-refractivity contribution in [2.24, 2.45) is 5.92 Å². The normalized spacial score (nSPS) is 21.9. The Kier molecular flexibility index (Phi) is 6.04. The number of alkyl halides is 3. The maximum atomic E-state index is 12.5. The van der Waals surface area contributed by atoms with Crippen LogP contribution in [0.15, 0.2) is 24.3 Å². The fraction of sp³-hybridized carbons (Fsp3) is 0.588. The molecule has 1 N–H and O–H groups in total. The highest BCUT2D eigenvalue weighted by molar-refractivity contribution is 5.73. The summed E-state index contributed by atoms with van der Waals surface area (Å²) in [5.74, 6) is -0.352. The molecule has 128 valence electrons. The number of hydrogen-bond donors (Lipinski definition) is 1. The van der Waals surface area contributed by atoms with E-state index in [1.807, 2.05) is 0 Å². The summed E-state index contributed by atoms with van der Waals surface area (Å²) in [6.45, 7) is 2.59. The number of esters is 1. The molecule has 1 saturated carbocycles. The molecule has 0 spiro atoms. The van der Waals surface area contributed by atoms with Crippen LogP contribution in [-0.2, 0) is 22.3 Å². The lowest BCUT2D eigenvalue weighted by atomic mass is 9.84. The third-order valence-corrected chi connectivity index (χ3v) is 4.20. The molecular weight excluding hydrogens is 307 g/mol. The molecule has 2 atom stereocenters. The summed E-state index contributed by atoms with van der Waals surface area (Å²) in [6, 6.07) is 5.13. The van der Waals surface area contributed by atoms with Gasteiger partial charge in [-0.05, 0) is 37.5 Å². The van der Waals surface area contributed by atoms with Gasteiger partial charge in [-0.3, -0.25) is 4.79 Å². The van der Waals surface area contributed by atoms with Gasteiger partial charge in [-0.25, -0.2) is 0 Å². The third-order valence-electron chi connectivity index (χ3n) is 4.20. The molecule has 1 aliphatic carbocycles. The zero-order valence-electron chi connectivity index (χ0n) is 13.2. The zero-order valence-corrected chi connectivity index (χ0v) is 13.2. The van der Waals surface area contributed by atoms with Crippen LogP contribution in [0.25, 0.3) is 0 Å². The molecular formula is C17H22F3NO2. The van der Waals surface area contributed by atoms with Gasteiger partial charge in [-0.2, -0.15) is 13.2 Å². The van der Waals surface area contributed by atoms with Gasteiger partial charge in [0.25, 0.3) is 0 Å². The van der Waals surface area contributed by atoms with Gasteiger partial charge in [0.05, 0.1) is 18.1 Å². The second kappa shape index (κ2) is 7.81. The molecule has 1 aromatic rings. The lowest BCUT2D eigenvalue weighted by molar-refractivity contribution is -0.150. The van der Waals surface area contributed by atoms with E-state index in [-0.39, 0.29) is 17.9 Å². The third kappa shape index (κ3) is 4.96. The molecule has 6 heteroatoms. The molecule has 23 heavy (non-hydrogen) atoms. The van der Waals surface area contributed by atoms with Crippen LogP contribution in [0.2, 0.25) is 0 Å². The number of carbonyl (C=O) groups is 1. The van der Waals surface area contributed by atoms with Gasteiger partial charge in [0.15, 0.2) is 0 Å². The molecule has 0 amide bonds. The average molecular weight is 329 g/mol. The highest BCUT2D eigenvalue weighted by Crippen LogP contribution is 2.29. The van der Waals surface area contributed by atoms with Gasteiger partial charge < -0.3 is 10.1 Å². The fourth-order valence-electron chi connectivity index (χ4n) is 2.97. The maximum Gasteiger partial charge on any atom is 0.416 e. The highest BCUT2D eigenvalue weighted by atomic mass is 19.4. The van der Waals surface area contributed by atoms with E-state index in [0.29, 0.717) is 13.2 Å². The Morgan fingerprint density at radius 3 is 2.48 bits per heavy atom. The number of hydrogen-bond acceptors (Lipinski definition) is 3. The predicted octanol–water partition coefficient (Wildman–Crippen LogP) is 3.92. The van der Waals surface area contributed by atoms with Crippen LogP contribution in [0.4, 0.5) is 13.2 Å². The smallest absolute Gasteiger partial charge is 0.416 e. The van der Waals surface area contributed by atoms with Gasteiger partial charge in [0.2, 0.25) is 0 Å². The Balaban J connectivity index is 1.94. The Morgan fingerprint density at radius 1 is 1.22 bits per heavy atom. The average Bonchev–Trinajstić information content (AvgIpc) is 2.53. The van der Waals surface area contributed by atoms with Gasteiger partial charge in [-0.1, -0.05) is 25.0 Å². The molecule has 0 bridgehead atoms. The summed E-state index contributed by atoms with van der Waals surface area (Å²) in [7, 11) is 0. The first-order valence-electron chi connectivity index (χ1n) is 7.98. The van der Waals surface area contributed by atoms with Crippen molar-refractivity contribution in [1.29, 1.82) is 0 Å². The Labute approximate surface area is 134 Å². The summed E-state index contributed by atoms with van der Waals surface area (Å²) < 4.78 is 42.7. The number of ether oxygens (including phenoxy) is 1. The summed E-state index contributed by atoms with van der Waals surface area (Å²) in [6.07, 6.45) is -0.597. The van der Waals surface area contributed by atoms with E-state index in [1.165, 1.54) is 12.1 Å². The summed E-state index contributed by atoms with van der Waals surface area (Å²) in [5.41, 5.74) is 0.120. The SMILES string of the molecule is CCOC(=O)[C@@H]1CCCC[C@H]1NCc1ccc(C(F)(F)F)cc1. The van der Waals surface area contributed by atoms with E-state index in [4.69, 9.17) is 4.74 Å². The quantitative estimate of drug-likeness (QED) is 0.832. The number of nitrogens with one attached hydrogen (secondary N) is 1. The molecule has 1 fully saturated rings. The van der Waals surface area contributed by atoms with E-state index in [2.05, 4.69) is 5.32 Å². The van der Waals surface area contributed by atoms with Crippen LogP contribution in [0.5, 0.6) is 0 Å². The van der Waals surface area contributed by atoms with E-state index in [9.17, 15) is 18.0 Å². The predicted molar refractivity (Wildman–Crippen MR) is 80.7 cm³/mol. The largest absolute Gasteiger partial charge is 0.466 e. The van der Waals surface area contributed by atoms with Crippen LogP contribution in [-0.4, -0.2) is 18.6 Å². The summed E-state index contributed by atoms with van der Waals surface area (Å²) in [4.78, 5) is 12.0. The first kappa shape index (κ1) is 17.8. The first-order valence-corrected chi connectivity index (χ1v) is 7.98. The zero-order chi connectivity index (χ0) is 16.9. The van der Waals surface area contributed by atoms with Crippen LogP contribution in [0, 0.1) is 5.92 Å². The monoisotopic (exact) mass is 329 g/mol. The van der Waals surface area contributed by atoms with Crippen LogP contribution >= 0.6 is 0 Å². The van der Waals surface area contributed by atoms with Crippen LogP contribution < -0.4 is 5.32 Å². The minimum Gasteiger partial charge on any atom is -0.466 e. The molecule has 0 saturated heterocycles. The number of rotatable bonds is 5. The second-order valence-corrected chi connectivity index (χ2v) is 5.83. The van der Waals surface area contributed by atoms with Crippen molar-refractivity contribution < 1.29 is 22.7 Å². The molecule has 0 radical (unpaired) electrons. The van der Waals surface area contributed by atoms with E-state index >= 15 is 0 Å². The number of carbonyl (C=O) groups excluding carboxylic acids is 1. The van der Waals surface area contributed by atoms with Crippen molar-refractivity contribution in [2.45, 2.75) is 51.4 Å². The van der Waals surface area contributed by atoms with Crippen molar-refractivity contribution in [2.75, 3.05) is 6.61 Å². The molecule has 0 heterocycles. The second-order valence-electron chi connectivity index (χ2n) is 5.83. The molecule has 2 rings (SSSR count). The number of halogens is 3. The van der Waals surface area contributed by atoms with Crippen molar-refractivity contribution in [1.82, 2.24) is 5.32 Å². The van der Waals surface area contributed by atoms with E-state index in [0.717, 1.165) is 43.4 Å². The van der Waals surface area contributed by atoms with Crippen molar-refractivity contribution in [3.05, 3.63) is 35.4 Å². The van der Waals surface area contributed by atoms with E-state index in [1.54, 1.807) is 6.92 Å². The molecule has 1 aliphatic rings. The van der Waals surface area contributed by atoms with Gasteiger partial charge in [0.1, 0.15) is 0 Å². The van der Waals surface area contributed by atoms with Crippen molar-refractivity contribution >= 4 is 5.97 Å². The molecule has 0 unspecified atom stereocenters. The molecule has 0 aliphatic heterocycles. The molecule has 1 aromatic carbocycles. The Morgan fingerprint density at radius 2 is 1.87 bits per heavy atom. The van der Waals surface area contributed by atoms with Crippen molar-refractivity contribution in [3.63, 3.8) is 0 Å². The number of benzene rings is 1. The highest BCUT2D eigenvalue weighted by Gasteiger charge is 2.32. The van der Waals surface area contributed by atoms with Crippen LogP contribution in [0.3, 0.4) is 0 Å².